The van der Waals surface area contributed by atoms with Gasteiger partial charge < -0.3 is 4.90 Å². The van der Waals surface area contributed by atoms with Gasteiger partial charge >= 0.3 is 0 Å². The molecule has 2 aliphatic carbocycles. The van der Waals surface area contributed by atoms with Crippen molar-refractivity contribution in [2.24, 2.45) is 0 Å². The fraction of sp³-hybridized carbons (Fsp3) is 0.208. The third-order valence-corrected chi connectivity index (χ3v) is 11.4. The molecule has 0 saturated heterocycles. The van der Waals surface area contributed by atoms with E-state index in [-0.39, 0.29) is 16.2 Å². The lowest BCUT2D eigenvalue weighted by Crippen LogP contribution is -2.27. The van der Waals surface area contributed by atoms with E-state index in [1.165, 1.54) is 88.7 Å². The van der Waals surface area contributed by atoms with Crippen LogP contribution in [0.15, 0.2) is 133 Å². The van der Waals surface area contributed by atoms with E-state index in [4.69, 9.17) is 0 Å². The molecule has 0 amide bonds. The van der Waals surface area contributed by atoms with E-state index in [1.807, 2.05) is 0 Å². The SMILES string of the molecule is CC(C)(C)c1c2c(c(N(c3ccccc3)c3ccc4c(ccc5ccccc54)c3)c3c1-c1ccccc1C3(C)C)C(C)(C)c1ccccc1-2. The molecule has 0 radical (unpaired) electrons. The molecule has 1 heteroatoms. The molecule has 2 aliphatic rings. The number of anilines is 3. The van der Waals surface area contributed by atoms with Gasteiger partial charge in [0.15, 0.2) is 0 Å². The Balaban J connectivity index is 1.48. The summed E-state index contributed by atoms with van der Waals surface area (Å²) in [6.07, 6.45) is 0. The summed E-state index contributed by atoms with van der Waals surface area (Å²) in [5.74, 6) is 0. The van der Waals surface area contributed by atoms with Crippen molar-refractivity contribution in [2.75, 3.05) is 4.90 Å². The maximum atomic E-state index is 2.60. The van der Waals surface area contributed by atoms with E-state index in [0.717, 1.165) is 0 Å². The molecule has 0 saturated carbocycles. The van der Waals surface area contributed by atoms with Crippen LogP contribution in [-0.2, 0) is 16.2 Å². The fourth-order valence-electron chi connectivity index (χ4n) is 9.35. The first-order chi connectivity index (χ1) is 23.5. The first-order valence-corrected chi connectivity index (χ1v) is 17.7. The lowest BCUT2D eigenvalue weighted by atomic mass is 9.71. The van der Waals surface area contributed by atoms with Gasteiger partial charge in [-0.1, -0.05) is 158 Å². The quantitative estimate of drug-likeness (QED) is 0.175. The number of fused-ring (bicyclic) bond motifs is 9. The van der Waals surface area contributed by atoms with Crippen LogP contribution in [0.5, 0.6) is 0 Å². The van der Waals surface area contributed by atoms with Crippen LogP contribution in [0.2, 0.25) is 0 Å². The minimum atomic E-state index is -0.221. The largest absolute Gasteiger partial charge is 0.310 e. The van der Waals surface area contributed by atoms with Crippen molar-refractivity contribution in [1.29, 1.82) is 0 Å². The number of para-hydroxylation sites is 1. The van der Waals surface area contributed by atoms with Gasteiger partial charge in [0, 0.05) is 22.2 Å². The molecule has 0 spiro atoms. The van der Waals surface area contributed by atoms with Crippen molar-refractivity contribution in [3.63, 3.8) is 0 Å². The first kappa shape index (κ1) is 30.0. The summed E-state index contributed by atoms with van der Waals surface area (Å²) in [7, 11) is 0. The van der Waals surface area contributed by atoms with E-state index in [2.05, 4.69) is 187 Å². The predicted octanol–water partition coefficient (Wildman–Crippen LogP) is 13.4. The van der Waals surface area contributed by atoms with Gasteiger partial charge in [-0.15, -0.1) is 0 Å². The molecular weight excluding hydrogens is 591 g/mol. The zero-order valence-corrected chi connectivity index (χ0v) is 29.6. The topological polar surface area (TPSA) is 3.24 Å². The average molecular weight is 634 g/mol. The molecule has 49 heavy (non-hydrogen) atoms. The van der Waals surface area contributed by atoms with E-state index in [1.54, 1.807) is 0 Å². The highest BCUT2D eigenvalue weighted by Gasteiger charge is 2.50. The van der Waals surface area contributed by atoms with Crippen molar-refractivity contribution in [3.05, 3.63) is 161 Å². The van der Waals surface area contributed by atoms with Crippen molar-refractivity contribution in [3.8, 4) is 22.3 Å². The van der Waals surface area contributed by atoms with E-state index in [9.17, 15) is 0 Å². The van der Waals surface area contributed by atoms with E-state index < -0.39 is 0 Å². The van der Waals surface area contributed by atoms with Gasteiger partial charge in [0.1, 0.15) is 0 Å². The monoisotopic (exact) mass is 633 g/mol. The Labute approximate surface area is 290 Å². The predicted molar refractivity (Wildman–Crippen MR) is 210 cm³/mol. The van der Waals surface area contributed by atoms with E-state index >= 15 is 0 Å². The summed E-state index contributed by atoms with van der Waals surface area (Å²) in [5, 5.41) is 5.10. The normalized spacial score (nSPS) is 15.2. The second kappa shape index (κ2) is 10.2. The van der Waals surface area contributed by atoms with Gasteiger partial charge in [0.05, 0.1) is 5.69 Å². The van der Waals surface area contributed by atoms with Crippen LogP contribution in [0.1, 0.15) is 76.3 Å². The first-order valence-electron chi connectivity index (χ1n) is 17.7. The van der Waals surface area contributed by atoms with Gasteiger partial charge in [-0.25, -0.2) is 0 Å². The molecule has 0 N–H and O–H groups in total. The van der Waals surface area contributed by atoms with Crippen molar-refractivity contribution in [2.45, 2.75) is 64.7 Å². The third-order valence-electron chi connectivity index (χ3n) is 11.4. The molecular formula is C48H43N. The van der Waals surface area contributed by atoms with Crippen LogP contribution in [-0.4, -0.2) is 0 Å². The Morgan fingerprint density at radius 2 is 0.980 bits per heavy atom. The third kappa shape index (κ3) is 4.12. The minimum absolute atomic E-state index is 0.0880. The summed E-state index contributed by atoms with van der Waals surface area (Å²) in [6, 6.07) is 49.8. The van der Waals surface area contributed by atoms with E-state index in [0.29, 0.717) is 0 Å². The molecule has 9 rings (SSSR count). The molecule has 0 heterocycles. The van der Waals surface area contributed by atoms with Crippen molar-refractivity contribution >= 4 is 38.6 Å². The molecule has 7 aromatic rings. The standard InChI is InChI=1S/C48H43N/c1-46(2,3)42-40-36-21-13-15-23-38(36)47(4,5)43(40)45(44-41(42)37-22-14-16-24-39(37)48(44,6)7)49(32-18-9-8-10-19-32)33-27-28-35-31(29-33)26-25-30-17-11-12-20-34(30)35/h8-29H,1-7H3. The van der Waals surface area contributed by atoms with Crippen LogP contribution in [0, 0.1) is 0 Å². The lowest BCUT2D eigenvalue weighted by molar-refractivity contribution is 0.587. The number of hydrogen-bond donors (Lipinski definition) is 0. The maximum absolute atomic E-state index is 2.60. The summed E-state index contributed by atoms with van der Waals surface area (Å²) in [6.45, 7) is 17.0. The highest BCUT2D eigenvalue weighted by Crippen LogP contribution is 2.65. The average Bonchev–Trinajstić information content (AvgIpc) is 3.48. The Kier molecular flexibility index (Phi) is 6.23. The molecule has 0 aromatic heterocycles. The summed E-state index contributed by atoms with van der Waals surface area (Å²) >= 11 is 0. The fourth-order valence-corrected chi connectivity index (χ4v) is 9.35. The van der Waals surface area contributed by atoms with Crippen LogP contribution in [0.3, 0.4) is 0 Å². The Morgan fingerprint density at radius 1 is 0.469 bits per heavy atom. The minimum Gasteiger partial charge on any atom is -0.310 e. The maximum Gasteiger partial charge on any atom is 0.0556 e. The lowest BCUT2D eigenvalue weighted by Gasteiger charge is -2.39. The number of rotatable bonds is 3. The number of nitrogens with zero attached hydrogens (tertiary/aromatic N) is 1. The Bertz CT molecular complexity index is 2390. The Morgan fingerprint density at radius 3 is 1.59 bits per heavy atom. The molecule has 0 bridgehead atoms. The number of benzene rings is 7. The molecule has 0 atom stereocenters. The van der Waals surface area contributed by atoms with Crippen molar-refractivity contribution < 1.29 is 0 Å². The summed E-state index contributed by atoms with van der Waals surface area (Å²) in [4.78, 5) is 2.60. The van der Waals surface area contributed by atoms with Gasteiger partial charge in [0.25, 0.3) is 0 Å². The van der Waals surface area contributed by atoms with Gasteiger partial charge in [0.2, 0.25) is 0 Å². The zero-order chi connectivity index (χ0) is 33.9. The molecule has 1 nitrogen and oxygen atoms in total. The second-order valence-corrected chi connectivity index (χ2v) is 16.2. The summed E-state index contributed by atoms with van der Waals surface area (Å²) in [5.41, 5.74) is 15.9. The van der Waals surface area contributed by atoms with Crippen molar-refractivity contribution in [1.82, 2.24) is 0 Å². The second-order valence-electron chi connectivity index (χ2n) is 16.2. The zero-order valence-electron chi connectivity index (χ0n) is 29.6. The summed E-state index contributed by atoms with van der Waals surface area (Å²) < 4.78 is 0. The molecule has 0 aliphatic heterocycles. The molecule has 240 valence electrons. The molecule has 0 unspecified atom stereocenters. The number of hydrogen-bond acceptors (Lipinski definition) is 1. The highest BCUT2D eigenvalue weighted by atomic mass is 15.2. The van der Waals surface area contributed by atoms with Crippen LogP contribution in [0.25, 0.3) is 43.8 Å². The molecule has 7 aromatic carbocycles. The van der Waals surface area contributed by atoms with Gasteiger partial charge in [-0.05, 0) is 101 Å². The molecule has 0 fully saturated rings. The van der Waals surface area contributed by atoms with Crippen LogP contribution < -0.4 is 4.90 Å². The van der Waals surface area contributed by atoms with Crippen LogP contribution in [0.4, 0.5) is 17.1 Å². The Hall–Kier alpha value is -5.14. The van der Waals surface area contributed by atoms with Crippen LogP contribution >= 0.6 is 0 Å². The highest BCUT2D eigenvalue weighted by molar-refractivity contribution is 6.09. The van der Waals surface area contributed by atoms with Gasteiger partial charge in [-0.2, -0.15) is 0 Å². The smallest absolute Gasteiger partial charge is 0.0556 e. The van der Waals surface area contributed by atoms with Gasteiger partial charge in [-0.3, -0.25) is 0 Å².